The molecule has 0 aromatic heterocycles. The van der Waals surface area contributed by atoms with Gasteiger partial charge in [0.1, 0.15) is 0 Å². The number of aldehydes is 1. The van der Waals surface area contributed by atoms with Gasteiger partial charge in [0.05, 0.1) is 11.1 Å². The second-order valence-corrected chi connectivity index (χ2v) is 4.21. The van der Waals surface area contributed by atoms with Crippen LogP contribution in [0.3, 0.4) is 0 Å². The molecule has 2 aromatic rings. The van der Waals surface area contributed by atoms with Crippen molar-refractivity contribution in [1.29, 1.82) is 0 Å². The Morgan fingerprint density at radius 3 is 1.81 bits per heavy atom. The van der Waals surface area contributed by atoms with Crippen LogP contribution >= 0.6 is 0 Å². The Balaban J connectivity index is 3.15. The quantitative estimate of drug-likeness (QED) is 0.722. The van der Waals surface area contributed by atoms with Gasteiger partial charge in [-0.05, 0) is 18.2 Å². The number of primary amides is 1. The standard InChI is InChI=1S/C14H9NO6/c15-12(17)7-3-4-8(13(18)19)10-6(5-16)1-2-9(11(7)10)14(20)21/h1-5H,(H2,15,17)(H,18,19)(H,20,21). The molecule has 106 valence electrons. The number of hydrogen-bond donors (Lipinski definition) is 3. The number of fused-ring (bicyclic) bond motifs is 1. The maximum Gasteiger partial charge on any atom is 0.336 e. The smallest absolute Gasteiger partial charge is 0.336 e. The number of hydrogen-bond acceptors (Lipinski definition) is 4. The maximum absolute atomic E-state index is 11.5. The second-order valence-electron chi connectivity index (χ2n) is 4.21. The van der Waals surface area contributed by atoms with Crippen molar-refractivity contribution >= 4 is 34.9 Å². The first-order valence-corrected chi connectivity index (χ1v) is 5.69. The molecule has 0 bridgehead atoms. The van der Waals surface area contributed by atoms with E-state index in [4.69, 9.17) is 5.73 Å². The first-order valence-electron chi connectivity index (χ1n) is 5.69. The zero-order chi connectivity index (χ0) is 15.7. The lowest BCUT2D eigenvalue weighted by atomic mass is 9.92. The third kappa shape index (κ3) is 2.20. The molecule has 0 saturated heterocycles. The van der Waals surface area contributed by atoms with Crippen molar-refractivity contribution in [2.45, 2.75) is 0 Å². The summed E-state index contributed by atoms with van der Waals surface area (Å²) >= 11 is 0. The molecule has 0 heterocycles. The Morgan fingerprint density at radius 2 is 1.33 bits per heavy atom. The first kappa shape index (κ1) is 14.2. The number of carbonyl (C=O) groups excluding carboxylic acids is 2. The van der Waals surface area contributed by atoms with Gasteiger partial charge in [0.2, 0.25) is 5.91 Å². The van der Waals surface area contributed by atoms with Gasteiger partial charge in [-0.25, -0.2) is 9.59 Å². The molecule has 0 radical (unpaired) electrons. The van der Waals surface area contributed by atoms with Gasteiger partial charge < -0.3 is 15.9 Å². The minimum absolute atomic E-state index is 0.0319. The van der Waals surface area contributed by atoms with Gasteiger partial charge in [-0.3, -0.25) is 9.59 Å². The normalized spacial score (nSPS) is 10.3. The molecule has 1 amide bonds. The van der Waals surface area contributed by atoms with Crippen molar-refractivity contribution in [3.8, 4) is 0 Å². The van der Waals surface area contributed by atoms with E-state index in [-0.39, 0.29) is 33.0 Å². The number of benzene rings is 2. The average Bonchev–Trinajstić information content (AvgIpc) is 2.43. The number of carboxylic acid groups (broad SMARTS) is 2. The van der Waals surface area contributed by atoms with Gasteiger partial charge in [0, 0.05) is 21.9 Å². The van der Waals surface area contributed by atoms with Gasteiger partial charge in [-0.1, -0.05) is 6.07 Å². The Morgan fingerprint density at radius 1 is 0.857 bits per heavy atom. The van der Waals surface area contributed by atoms with Crippen LogP contribution in [0, 0.1) is 0 Å². The third-order valence-electron chi connectivity index (χ3n) is 3.05. The van der Waals surface area contributed by atoms with E-state index in [9.17, 15) is 29.4 Å². The van der Waals surface area contributed by atoms with Crippen molar-refractivity contribution in [3.05, 3.63) is 46.5 Å². The Labute approximate surface area is 117 Å². The SMILES string of the molecule is NC(=O)c1ccc(C(=O)O)c2c(C=O)ccc(C(=O)O)c12. The van der Waals surface area contributed by atoms with Crippen molar-refractivity contribution in [2.75, 3.05) is 0 Å². The first-order chi connectivity index (χ1) is 9.88. The van der Waals surface area contributed by atoms with Crippen LogP contribution in [0.1, 0.15) is 41.4 Å². The zero-order valence-corrected chi connectivity index (χ0v) is 10.5. The molecule has 2 rings (SSSR count). The zero-order valence-electron chi connectivity index (χ0n) is 10.5. The highest BCUT2D eigenvalue weighted by atomic mass is 16.4. The van der Waals surface area contributed by atoms with E-state index in [0.29, 0.717) is 6.29 Å². The van der Waals surface area contributed by atoms with Crippen LogP contribution in [0.5, 0.6) is 0 Å². The Kier molecular flexibility index (Phi) is 3.41. The van der Waals surface area contributed by atoms with Crippen LogP contribution in [-0.4, -0.2) is 34.3 Å². The highest BCUT2D eigenvalue weighted by Gasteiger charge is 2.22. The molecule has 0 atom stereocenters. The average molecular weight is 287 g/mol. The summed E-state index contributed by atoms with van der Waals surface area (Å²) < 4.78 is 0. The van der Waals surface area contributed by atoms with E-state index >= 15 is 0 Å². The second kappa shape index (κ2) is 5.04. The molecule has 2 aromatic carbocycles. The lowest BCUT2D eigenvalue weighted by molar-refractivity contribution is 0.0686. The molecule has 0 fully saturated rings. The van der Waals surface area contributed by atoms with Crippen molar-refractivity contribution in [1.82, 2.24) is 0 Å². The van der Waals surface area contributed by atoms with Crippen molar-refractivity contribution in [3.63, 3.8) is 0 Å². The third-order valence-corrected chi connectivity index (χ3v) is 3.05. The summed E-state index contributed by atoms with van der Waals surface area (Å²) in [6.45, 7) is 0. The van der Waals surface area contributed by atoms with E-state index in [1.165, 1.54) is 6.07 Å². The summed E-state index contributed by atoms with van der Waals surface area (Å²) in [7, 11) is 0. The fourth-order valence-corrected chi connectivity index (χ4v) is 2.18. The molecular formula is C14H9NO6. The summed E-state index contributed by atoms with van der Waals surface area (Å²) in [5.74, 6) is -3.62. The summed E-state index contributed by atoms with van der Waals surface area (Å²) in [6.07, 6.45) is 0.394. The summed E-state index contributed by atoms with van der Waals surface area (Å²) in [5, 5.41) is 18.1. The number of nitrogens with two attached hydrogens (primary N) is 1. The summed E-state index contributed by atoms with van der Waals surface area (Å²) in [5.41, 5.74) is 4.43. The minimum Gasteiger partial charge on any atom is -0.478 e. The monoisotopic (exact) mass is 287 g/mol. The van der Waals surface area contributed by atoms with Crippen molar-refractivity contribution < 1.29 is 29.4 Å². The highest BCUT2D eigenvalue weighted by Crippen LogP contribution is 2.29. The predicted octanol–water partition coefficient (Wildman–Crippen LogP) is 1.15. The van der Waals surface area contributed by atoms with Crippen molar-refractivity contribution in [2.24, 2.45) is 5.73 Å². The minimum atomic E-state index is -1.36. The summed E-state index contributed by atoms with van der Waals surface area (Å²) in [6, 6.07) is 4.57. The predicted molar refractivity (Wildman–Crippen MR) is 71.8 cm³/mol. The maximum atomic E-state index is 11.5. The lowest BCUT2D eigenvalue weighted by Gasteiger charge is -2.11. The van der Waals surface area contributed by atoms with E-state index < -0.39 is 17.8 Å². The van der Waals surface area contributed by atoms with Crippen LogP contribution in [0.25, 0.3) is 10.8 Å². The topological polar surface area (TPSA) is 135 Å². The number of carboxylic acids is 2. The molecule has 0 aliphatic rings. The van der Waals surface area contributed by atoms with Crippen LogP contribution in [-0.2, 0) is 0 Å². The molecule has 0 unspecified atom stereocenters. The Bertz CT molecular complexity index is 788. The molecule has 4 N–H and O–H groups in total. The van der Waals surface area contributed by atoms with E-state index in [2.05, 4.69) is 0 Å². The molecule has 7 heteroatoms. The number of aromatic carboxylic acids is 2. The molecule has 0 aliphatic heterocycles. The van der Waals surface area contributed by atoms with Gasteiger partial charge in [-0.15, -0.1) is 0 Å². The van der Waals surface area contributed by atoms with E-state index in [1.807, 2.05) is 0 Å². The molecule has 7 nitrogen and oxygen atoms in total. The van der Waals surface area contributed by atoms with E-state index in [1.54, 1.807) is 0 Å². The number of carbonyl (C=O) groups is 4. The Hall–Kier alpha value is -3.22. The van der Waals surface area contributed by atoms with Crippen LogP contribution in [0.2, 0.25) is 0 Å². The fraction of sp³-hybridized carbons (Fsp3) is 0. The molecule has 0 spiro atoms. The van der Waals surface area contributed by atoms with Gasteiger partial charge in [0.15, 0.2) is 6.29 Å². The molecular weight excluding hydrogens is 278 g/mol. The van der Waals surface area contributed by atoms with Gasteiger partial charge >= 0.3 is 11.9 Å². The molecule has 0 aliphatic carbocycles. The van der Waals surface area contributed by atoms with Crippen LogP contribution in [0.4, 0.5) is 0 Å². The van der Waals surface area contributed by atoms with Crippen LogP contribution < -0.4 is 5.73 Å². The summed E-state index contributed by atoms with van der Waals surface area (Å²) in [4.78, 5) is 45.1. The fourth-order valence-electron chi connectivity index (χ4n) is 2.18. The number of amides is 1. The van der Waals surface area contributed by atoms with E-state index in [0.717, 1.165) is 18.2 Å². The molecule has 21 heavy (non-hydrogen) atoms. The number of rotatable bonds is 4. The largest absolute Gasteiger partial charge is 0.478 e. The van der Waals surface area contributed by atoms with Crippen LogP contribution in [0.15, 0.2) is 24.3 Å². The van der Waals surface area contributed by atoms with Gasteiger partial charge in [-0.2, -0.15) is 0 Å². The lowest BCUT2D eigenvalue weighted by Crippen LogP contribution is -2.15. The van der Waals surface area contributed by atoms with Gasteiger partial charge in [0.25, 0.3) is 0 Å². The molecule has 0 saturated carbocycles. The highest BCUT2D eigenvalue weighted by molar-refractivity contribution is 6.21.